The molecule has 0 aliphatic carbocycles. The maximum Gasteiger partial charge on any atom is 0.313 e. The van der Waals surface area contributed by atoms with E-state index in [9.17, 15) is 4.79 Å². The van der Waals surface area contributed by atoms with Crippen LogP contribution in [-0.2, 0) is 9.53 Å². The average molecular weight is 278 g/mol. The van der Waals surface area contributed by atoms with Crippen LogP contribution in [-0.4, -0.2) is 19.2 Å². The predicted molar refractivity (Wildman–Crippen MR) is 81.1 cm³/mol. The van der Waals surface area contributed by atoms with Crippen LogP contribution in [0.15, 0.2) is 24.3 Å². The Morgan fingerprint density at radius 3 is 2.65 bits per heavy atom. The molecule has 0 spiro atoms. The molecule has 0 bridgehead atoms. The normalized spacial score (nSPS) is 11.9. The number of carbonyl (C=O) groups is 1. The maximum absolute atomic E-state index is 12.0. The first-order valence-electron chi connectivity index (χ1n) is 7.58. The van der Waals surface area contributed by atoms with E-state index in [0.29, 0.717) is 13.2 Å². The van der Waals surface area contributed by atoms with Crippen LogP contribution in [0.4, 0.5) is 0 Å². The topological polar surface area (TPSA) is 35.5 Å². The van der Waals surface area contributed by atoms with Crippen molar-refractivity contribution in [3.05, 3.63) is 29.8 Å². The van der Waals surface area contributed by atoms with Gasteiger partial charge in [-0.05, 0) is 37.5 Å². The molecule has 0 aliphatic rings. The molecule has 0 saturated heterocycles. The molecular formula is C17H26O3. The molecule has 0 fully saturated rings. The smallest absolute Gasteiger partial charge is 0.313 e. The SMILES string of the molecule is CCCCCOC(=O)C(C)c1cccc(OCCC)c1. The summed E-state index contributed by atoms with van der Waals surface area (Å²) in [6.07, 6.45) is 4.14. The van der Waals surface area contributed by atoms with Gasteiger partial charge in [-0.1, -0.05) is 38.8 Å². The van der Waals surface area contributed by atoms with E-state index in [4.69, 9.17) is 9.47 Å². The quantitative estimate of drug-likeness (QED) is 0.498. The summed E-state index contributed by atoms with van der Waals surface area (Å²) in [5.74, 6) is 0.408. The Morgan fingerprint density at radius 2 is 1.95 bits per heavy atom. The number of ether oxygens (including phenoxy) is 2. The Balaban J connectivity index is 2.52. The molecular weight excluding hydrogens is 252 g/mol. The van der Waals surface area contributed by atoms with Gasteiger partial charge in [-0.25, -0.2) is 0 Å². The highest BCUT2D eigenvalue weighted by Crippen LogP contribution is 2.22. The van der Waals surface area contributed by atoms with Crippen LogP contribution in [0.1, 0.15) is 57.9 Å². The fourth-order valence-corrected chi connectivity index (χ4v) is 1.88. The van der Waals surface area contributed by atoms with Gasteiger partial charge in [-0.15, -0.1) is 0 Å². The van der Waals surface area contributed by atoms with E-state index < -0.39 is 0 Å². The lowest BCUT2D eigenvalue weighted by molar-refractivity contribution is -0.145. The molecule has 1 atom stereocenters. The lowest BCUT2D eigenvalue weighted by Gasteiger charge is -2.13. The molecule has 0 heterocycles. The van der Waals surface area contributed by atoms with Gasteiger partial charge in [0.25, 0.3) is 0 Å². The molecule has 20 heavy (non-hydrogen) atoms. The molecule has 3 heteroatoms. The van der Waals surface area contributed by atoms with Crippen molar-refractivity contribution in [1.29, 1.82) is 0 Å². The minimum Gasteiger partial charge on any atom is -0.494 e. The molecule has 0 aliphatic heterocycles. The van der Waals surface area contributed by atoms with Crippen molar-refractivity contribution in [3.8, 4) is 5.75 Å². The van der Waals surface area contributed by atoms with Crippen LogP contribution in [0.3, 0.4) is 0 Å². The summed E-state index contributed by atoms with van der Waals surface area (Å²) in [6, 6.07) is 7.70. The third kappa shape index (κ3) is 5.64. The van der Waals surface area contributed by atoms with E-state index in [0.717, 1.165) is 37.0 Å². The monoisotopic (exact) mass is 278 g/mol. The van der Waals surface area contributed by atoms with Crippen molar-refractivity contribution >= 4 is 5.97 Å². The second kappa shape index (κ2) is 9.40. The van der Waals surface area contributed by atoms with Gasteiger partial charge in [0.1, 0.15) is 5.75 Å². The molecule has 0 radical (unpaired) electrons. The number of hydrogen-bond acceptors (Lipinski definition) is 3. The van der Waals surface area contributed by atoms with Gasteiger partial charge in [0.2, 0.25) is 0 Å². The lowest BCUT2D eigenvalue weighted by Crippen LogP contribution is -2.14. The summed E-state index contributed by atoms with van der Waals surface area (Å²) in [4.78, 5) is 12.0. The van der Waals surface area contributed by atoms with Crippen LogP contribution >= 0.6 is 0 Å². The Labute approximate surface area is 122 Å². The number of carbonyl (C=O) groups excluding carboxylic acids is 1. The van der Waals surface area contributed by atoms with Crippen molar-refractivity contribution in [3.63, 3.8) is 0 Å². The van der Waals surface area contributed by atoms with Gasteiger partial charge in [-0.2, -0.15) is 0 Å². The van der Waals surface area contributed by atoms with Crippen LogP contribution in [0.5, 0.6) is 5.75 Å². The fourth-order valence-electron chi connectivity index (χ4n) is 1.88. The van der Waals surface area contributed by atoms with Gasteiger partial charge in [-0.3, -0.25) is 4.79 Å². The summed E-state index contributed by atoms with van der Waals surface area (Å²) >= 11 is 0. The zero-order valence-electron chi connectivity index (χ0n) is 12.9. The van der Waals surface area contributed by atoms with Crippen LogP contribution in [0.25, 0.3) is 0 Å². The van der Waals surface area contributed by atoms with Crippen LogP contribution < -0.4 is 4.74 Å². The van der Waals surface area contributed by atoms with Crippen molar-refractivity contribution in [2.24, 2.45) is 0 Å². The summed E-state index contributed by atoms with van der Waals surface area (Å²) in [5, 5.41) is 0. The molecule has 1 aromatic rings. The van der Waals surface area contributed by atoms with E-state index in [-0.39, 0.29) is 11.9 Å². The Kier molecular flexibility index (Phi) is 7.78. The van der Waals surface area contributed by atoms with Crippen LogP contribution in [0.2, 0.25) is 0 Å². The largest absolute Gasteiger partial charge is 0.494 e. The fraction of sp³-hybridized carbons (Fsp3) is 0.588. The molecule has 0 saturated carbocycles. The van der Waals surface area contributed by atoms with E-state index in [2.05, 4.69) is 13.8 Å². The van der Waals surface area contributed by atoms with E-state index in [1.807, 2.05) is 31.2 Å². The van der Waals surface area contributed by atoms with Crippen molar-refractivity contribution in [1.82, 2.24) is 0 Å². The number of esters is 1. The summed E-state index contributed by atoms with van der Waals surface area (Å²) in [6.45, 7) is 7.29. The molecule has 1 unspecified atom stereocenters. The van der Waals surface area contributed by atoms with Crippen LogP contribution in [0, 0.1) is 0 Å². The third-order valence-corrected chi connectivity index (χ3v) is 3.18. The zero-order chi connectivity index (χ0) is 14.8. The Bertz CT molecular complexity index is 401. The first-order chi connectivity index (χ1) is 9.69. The van der Waals surface area contributed by atoms with Gasteiger partial charge in [0.05, 0.1) is 19.1 Å². The minimum atomic E-state index is -0.248. The zero-order valence-corrected chi connectivity index (χ0v) is 12.9. The maximum atomic E-state index is 12.0. The second-order valence-corrected chi connectivity index (χ2v) is 5.02. The number of unbranched alkanes of at least 4 members (excludes halogenated alkanes) is 2. The molecule has 112 valence electrons. The highest BCUT2D eigenvalue weighted by atomic mass is 16.5. The van der Waals surface area contributed by atoms with Crippen molar-refractivity contribution in [2.45, 2.75) is 52.4 Å². The molecule has 0 aromatic heterocycles. The Morgan fingerprint density at radius 1 is 1.15 bits per heavy atom. The van der Waals surface area contributed by atoms with Gasteiger partial charge in [0, 0.05) is 0 Å². The minimum absolute atomic E-state index is 0.159. The molecule has 0 amide bonds. The van der Waals surface area contributed by atoms with Crippen molar-refractivity contribution in [2.75, 3.05) is 13.2 Å². The second-order valence-electron chi connectivity index (χ2n) is 5.02. The number of benzene rings is 1. The van der Waals surface area contributed by atoms with Gasteiger partial charge in [0.15, 0.2) is 0 Å². The van der Waals surface area contributed by atoms with Gasteiger partial charge < -0.3 is 9.47 Å². The first-order valence-corrected chi connectivity index (χ1v) is 7.58. The van der Waals surface area contributed by atoms with E-state index >= 15 is 0 Å². The van der Waals surface area contributed by atoms with E-state index in [1.165, 1.54) is 0 Å². The average Bonchev–Trinajstić information content (AvgIpc) is 2.48. The van der Waals surface area contributed by atoms with Gasteiger partial charge >= 0.3 is 5.97 Å². The molecule has 3 nitrogen and oxygen atoms in total. The molecule has 0 N–H and O–H groups in total. The first kappa shape index (κ1) is 16.5. The highest BCUT2D eigenvalue weighted by molar-refractivity contribution is 5.77. The summed E-state index contributed by atoms with van der Waals surface area (Å²) < 4.78 is 10.9. The number of hydrogen-bond donors (Lipinski definition) is 0. The third-order valence-electron chi connectivity index (χ3n) is 3.18. The lowest BCUT2D eigenvalue weighted by atomic mass is 10.0. The standard InChI is InChI=1S/C17H26O3/c1-4-6-7-12-20-17(18)14(3)15-9-8-10-16(13-15)19-11-5-2/h8-10,13-14H,4-7,11-12H2,1-3H3. The summed E-state index contributed by atoms with van der Waals surface area (Å²) in [5.41, 5.74) is 0.944. The summed E-state index contributed by atoms with van der Waals surface area (Å²) in [7, 11) is 0. The Hall–Kier alpha value is -1.51. The number of rotatable bonds is 9. The van der Waals surface area contributed by atoms with Crippen molar-refractivity contribution < 1.29 is 14.3 Å². The van der Waals surface area contributed by atoms with E-state index in [1.54, 1.807) is 0 Å². The highest BCUT2D eigenvalue weighted by Gasteiger charge is 2.17. The molecule has 1 rings (SSSR count). The molecule has 1 aromatic carbocycles. The predicted octanol–water partition coefficient (Wildman–Crippen LogP) is 4.31.